The molecule has 0 fully saturated rings. The van der Waals surface area contributed by atoms with Crippen molar-refractivity contribution in [1.29, 1.82) is 0 Å². The number of carbonyl (C=O) groups is 2. The van der Waals surface area contributed by atoms with Crippen molar-refractivity contribution in [2.75, 3.05) is 14.2 Å². The third-order valence-electron chi connectivity index (χ3n) is 3.00. The highest BCUT2D eigenvalue weighted by Crippen LogP contribution is 2.14. The molecule has 1 rings (SSSR count). The zero-order valence-electron chi connectivity index (χ0n) is 11.9. The van der Waals surface area contributed by atoms with Crippen molar-refractivity contribution < 1.29 is 19.4 Å². The number of rotatable bonds is 6. The summed E-state index contributed by atoms with van der Waals surface area (Å²) in [4.78, 5) is 24.1. The number of carbonyl (C=O) groups excluding carboxylic acids is 1. The molecule has 0 aliphatic heterocycles. The van der Waals surface area contributed by atoms with Crippen molar-refractivity contribution in [1.82, 2.24) is 4.90 Å². The molecule has 20 heavy (non-hydrogen) atoms. The summed E-state index contributed by atoms with van der Waals surface area (Å²) < 4.78 is 5.09. The molecule has 0 saturated heterocycles. The van der Waals surface area contributed by atoms with E-state index in [1.165, 1.54) is 18.0 Å². The maximum atomic E-state index is 11.9. The van der Waals surface area contributed by atoms with E-state index in [1.54, 1.807) is 26.2 Å². The van der Waals surface area contributed by atoms with Crippen molar-refractivity contribution in [2.45, 2.75) is 19.4 Å². The number of amides is 1. The second-order valence-electron chi connectivity index (χ2n) is 4.32. The molecular weight excluding hydrogens is 258 g/mol. The molecule has 1 N–H and O–H groups in total. The number of likely N-dealkylation sites (N-methyl/N-ethyl adjacent to an activating group) is 1. The lowest BCUT2D eigenvalue weighted by atomic mass is 10.1. The SMILES string of the molecule is CCC(C(=O)O)N(C)C(=O)C=Cc1cccc(OC)c1. The predicted octanol–water partition coefficient (Wildman–Crippen LogP) is 2.03. The first-order valence-corrected chi connectivity index (χ1v) is 6.31. The minimum absolute atomic E-state index is 0.345. The van der Waals surface area contributed by atoms with Gasteiger partial charge < -0.3 is 14.7 Å². The van der Waals surface area contributed by atoms with Crippen LogP contribution in [0.4, 0.5) is 0 Å². The van der Waals surface area contributed by atoms with Gasteiger partial charge in [-0.3, -0.25) is 4.79 Å². The van der Waals surface area contributed by atoms with Crippen LogP contribution in [0.2, 0.25) is 0 Å². The van der Waals surface area contributed by atoms with Gasteiger partial charge in [0.15, 0.2) is 0 Å². The Morgan fingerprint density at radius 2 is 2.15 bits per heavy atom. The summed E-state index contributed by atoms with van der Waals surface area (Å²) in [5, 5.41) is 9.01. The third kappa shape index (κ3) is 4.12. The molecule has 0 aromatic heterocycles. The van der Waals surface area contributed by atoms with Crippen LogP contribution >= 0.6 is 0 Å². The highest BCUT2D eigenvalue weighted by molar-refractivity contribution is 5.94. The number of benzene rings is 1. The molecule has 1 unspecified atom stereocenters. The molecule has 0 radical (unpaired) electrons. The molecule has 108 valence electrons. The Bertz CT molecular complexity index is 510. The van der Waals surface area contributed by atoms with Crippen molar-refractivity contribution in [3.8, 4) is 5.75 Å². The summed E-state index contributed by atoms with van der Waals surface area (Å²) in [5.41, 5.74) is 0.814. The van der Waals surface area contributed by atoms with Crippen molar-refractivity contribution >= 4 is 18.0 Å². The van der Waals surface area contributed by atoms with E-state index in [4.69, 9.17) is 9.84 Å². The first-order valence-electron chi connectivity index (χ1n) is 6.31. The number of carboxylic acid groups (broad SMARTS) is 1. The summed E-state index contributed by atoms with van der Waals surface area (Å²) in [5.74, 6) is -0.648. The van der Waals surface area contributed by atoms with Gasteiger partial charge in [0.25, 0.3) is 0 Å². The van der Waals surface area contributed by atoms with Crippen LogP contribution in [0.1, 0.15) is 18.9 Å². The Labute approximate surface area is 118 Å². The van der Waals surface area contributed by atoms with Crippen molar-refractivity contribution in [3.05, 3.63) is 35.9 Å². The molecule has 0 saturated carbocycles. The minimum atomic E-state index is -1.00. The van der Waals surface area contributed by atoms with Crippen LogP contribution in [0, 0.1) is 0 Å². The number of ether oxygens (including phenoxy) is 1. The van der Waals surface area contributed by atoms with Crippen LogP contribution in [-0.2, 0) is 9.59 Å². The van der Waals surface area contributed by atoms with Gasteiger partial charge in [0, 0.05) is 13.1 Å². The fourth-order valence-corrected chi connectivity index (χ4v) is 1.80. The van der Waals surface area contributed by atoms with Crippen molar-refractivity contribution in [2.24, 2.45) is 0 Å². The first kappa shape index (κ1) is 15.8. The molecule has 1 aromatic carbocycles. The topological polar surface area (TPSA) is 66.8 Å². The Kier molecular flexibility index (Phi) is 5.77. The van der Waals surface area contributed by atoms with Gasteiger partial charge in [-0.05, 0) is 30.2 Å². The highest BCUT2D eigenvalue weighted by Gasteiger charge is 2.22. The van der Waals surface area contributed by atoms with Gasteiger partial charge in [0.2, 0.25) is 5.91 Å². The Morgan fingerprint density at radius 1 is 1.45 bits per heavy atom. The van der Waals surface area contributed by atoms with Crippen LogP contribution in [0.3, 0.4) is 0 Å². The average molecular weight is 277 g/mol. The van der Waals surface area contributed by atoms with Crippen LogP contribution in [0.5, 0.6) is 5.75 Å². The van der Waals surface area contributed by atoms with Gasteiger partial charge >= 0.3 is 5.97 Å². The Morgan fingerprint density at radius 3 is 2.70 bits per heavy atom. The molecule has 0 heterocycles. The molecule has 5 heteroatoms. The molecule has 0 aliphatic rings. The number of methoxy groups -OCH3 is 1. The molecule has 1 aromatic rings. The predicted molar refractivity (Wildman–Crippen MR) is 76.5 cm³/mol. The molecule has 0 aliphatic carbocycles. The van der Waals surface area contributed by atoms with Gasteiger partial charge in [0.1, 0.15) is 11.8 Å². The van der Waals surface area contributed by atoms with E-state index in [-0.39, 0.29) is 5.91 Å². The first-order chi connectivity index (χ1) is 9.49. The van der Waals surface area contributed by atoms with Gasteiger partial charge in [-0.25, -0.2) is 4.79 Å². The molecule has 1 amide bonds. The van der Waals surface area contributed by atoms with E-state index in [2.05, 4.69) is 0 Å². The van der Waals surface area contributed by atoms with Crippen LogP contribution < -0.4 is 4.74 Å². The number of hydrogen-bond acceptors (Lipinski definition) is 3. The molecule has 0 bridgehead atoms. The standard InChI is InChI=1S/C15H19NO4/c1-4-13(15(18)19)16(2)14(17)9-8-11-6-5-7-12(10-11)20-3/h5-10,13H,4H2,1-3H3,(H,18,19). The second kappa shape index (κ2) is 7.33. The zero-order chi connectivity index (χ0) is 15.1. The van der Waals surface area contributed by atoms with E-state index in [9.17, 15) is 9.59 Å². The second-order valence-corrected chi connectivity index (χ2v) is 4.32. The number of hydrogen-bond donors (Lipinski definition) is 1. The quantitative estimate of drug-likeness (QED) is 0.808. The van der Waals surface area contributed by atoms with Gasteiger partial charge in [-0.2, -0.15) is 0 Å². The Balaban J connectivity index is 2.78. The molecule has 1 atom stereocenters. The minimum Gasteiger partial charge on any atom is -0.497 e. The van der Waals surface area contributed by atoms with Gasteiger partial charge in [-0.1, -0.05) is 19.1 Å². The molecular formula is C15H19NO4. The largest absolute Gasteiger partial charge is 0.497 e. The lowest BCUT2D eigenvalue weighted by Crippen LogP contribution is -2.41. The highest BCUT2D eigenvalue weighted by atomic mass is 16.5. The lowest BCUT2D eigenvalue weighted by Gasteiger charge is -2.22. The van der Waals surface area contributed by atoms with Gasteiger partial charge in [0.05, 0.1) is 7.11 Å². The van der Waals surface area contributed by atoms with E-state index >= 15 is 0 Å². The average Bonchev–Trinajstić information content (AvgIpc) is 2.45. The third-order valence-corrected chi connectivity index (χ3v) is 3.00. The van der Waals surface area contributed by atoms with E-state index in [0.717, 1.165) is 5.56 Å². The summed E-state index contributed by atoms with van der Waals surface area (Å²) >= 11 is 0. The maximum Gasteiger partial charge on any atom is 0.326 e. The fraction of sp³-hybridized carbons (Fsp3) is 0.333. The summed E-state index contributed by atoms with van der Waals surface area (Å²) in [6.07, 6.45) is 3.36. The molecule has 0 spiro atoms. The maximum absolute atomic E-state index is 11.9. The number of carboxylic acids is 1. The summed E-state index contributed by atoms with van der Waals surface area (Å²) in [6, 6.07) is 6.44. The fourth-order valence-electron chi connectivity index (χ4n) is 1.80. The number of aliphatic carboxylic acids is 1. The lowest BCUT2D eigenvalue weighted by molar-refractivity contribution is -0.147. The van der Waals surface area contributed by atoms with Crippen LogP contribution in [-0.4, -0.2) is 42.1 Å². The summed E-state index contributed by atoms with van der Waals surface area (Å²) in [7, 11) is 3.06. The Hall–Kier alpha value is -2.30. The van der Waals surface area contributed by atoms with Crippen LogP contribution in [0.15, 0.2) is 30.3 Å². The normalized spacial score (nSPS) is 12.2. The van der Waals surface area contributed by atoms with Crippen molar-refractivity contribution in [3.63, 3.8) is 0 Å². The van der Waals surface area contributed by atoms with Crippen LogP contribution in [0.25, 0.3) is 6.08 Å². The van der Waals surface area contributed by atoms with Gasteiger partial charge in [-0.15, -0.1) is 0 Å². The zero-order valence-corrected chi connectivity index (χ0v) is 11.9. The summed E-state index contributed by atoms with van der Waals surface area (Å²) in [6.45, 7) is 1.73. The number of nitrogens with zero attached hydrogens (tertiary/aromatic N) is 1. The smallest absolute Gasteiger partial charge is 0.326 e. The van der Waals surface area contributed by atoms with E-state index < -0.39 is 12.0 Å². The van der Waals surface area contributed by atoms with E-state index in [0.29, 0.717) is 12.2 Å². The molecule has 5 nitrogen and oxygen atoms in total. The monoisotopic (exact) mass is 277 g/mol. The van der Waals surface area contributed by atoms with E-state index in [1.807, 2.05) is 18.2 Å².